The molecule has 134 valence electrons. The van der Waals surface area contributed by atoms with E-state index in [1.807, 2.05) is 0 Å². The lowest BCUT2D eigenvalue weighted by atomic mass is 10.00. The maximum absolute atomic E-state index is 12.2. The fraction of sp³-hybridized carbons (Fsp3) is 0.444. The van der Waals surface area contributed by atoms with E-state index >= 15 is 0 Å². The van der Waals surface area contributed by atoms with Crippen molar-refractivity contribution < 1.29 is 9.21 Å². The summed E-state index contributed by atoms with van der Waals surface area (Å²) < 4.78 is 5.72. The predicted octanol–water partition coefficient (Wildman–Crippen LogP) is 3.84. The first-order chi connectivity index (χ1) is 12.0. The maximum Gasteiger partial charge on any atom is 0.220 e. The van der Waals surface area contributed by atoms with Crippen molar-refractivity contribution in [1.82, 2.24) is 15.6 Å². The molecule has 2 heterocycles. The van der Waals surface area contributed by atoms with Crippen molar-refractivity contribution in [2.45, 2.75) is 44.7 Å². The first kappa shape index (κ1) is 18.2. The highest BCUT2D eigenvalue weighted by molar-refractivity contribution is 6.36. The van der Waals surface area contributed by atoms with Gasteiger partial charge in [-0.2, -0.15) is 0 Å². The Morgan fingerprint density at radius 2 is 2.28 bits per heavy atom. The molecule has 1 aliphatic rings. The molecule has 0 bridgehead atoms. The lowest BCUT2D eigenvalue weighted by Gasteiger charge is -2.30. The number of amides is 1. The van der Waals surface area contributed by atoms with Crippen LogP contribution in [0.25, 0.3) is 11.3 Å². The van der Waals surface area contributed by atoms with Crippen LogP contribution in [0.4, 0.5) is 0 Å². The van der Waals surface area contributed by atoms with Gasteiger partial charge in [0.15, 0.2) is 11.7 Å². The van der Waals surface area contributed by atoms with E-state index in [0.29, 0.717) is 40.6 Å². The molecule has 2 atom stereocenters. The number of hydrogen-bond acceptors (Lipinski definition) is 4. The largest absolute Gasteiger partial charge is 0.441 e. The molecule has 1 amide bonds. The molecular weight excluding hydrogens is 361 g/mol. The summed E-state index contributed by atoms with van der Waals surface area (Å²) in [4.78, 5) is 16.4. The first-order valence-corrected chi connectivity index (χ1v) is 9.21. The Balaban J connectivity index is 1.55. The minimum Gasteiger partial charge on any atom is -0.441 e. The van der Waals surface area contributed by atoms with Gasteiger partial charge in [-0.15, -0.1) is 0 Å². The zero-order valence-electron chi connectivity index (χ0n) is 14.0. The maximum atomic E-state index is 12.2. The van der Waals surface area contributed by atoms with Gasteiger partial charge >= 0.3 is 0 Å². The smallest absolute Gasteiger partial charge is 0.220 e. The quantitative estimate of drug-likeness (QED) is 0.825. The third kappa shape index (κ3) is 4.75. The van der Waals surface area contributed by atoms with Gasteiger partial charge in [0.2, 0.25) is 5.91 Å². The minimum atomic E-state index is 0.0184. The second kappa shape index (κ2) is 8.21. The second-order valence-electron chi connectivity index (χ2n) is 6.30. The molecule has 0 spiro atoms. The van der Waals surface area contributed by atoms with Gasteiger partial charge in [0.05, 0.1) is 11.2 Å². The fourth-order valence-electron chi connectivity index (χ4n) is 2.98. The lowest BCUT2D eigenvalue weighted by molar-refractivity contribution is -0.122. The summed E-state index contributed by atoms with van der Waals surface area (Å²) in [5.41, 5.74) is 0.733. The van der Waals surface area contributed by atoms with Gasteiger partial charge < -0.3 is 15.1 Å². The SMILES string of the molecule is CC1NCCCC1NC(=O)CCc1ncc(-c2ccc(Cl)cc2Cl)o1. The Morgan fingerprint density at radius 1 is 1.44 bits per heavy atom. The van der Waals surface area contributed by atoms with Gasteiger partial charge in [-0.1, -0.05) is 23.2 Å². The number of aromatic nitrogens is 1. The summed E-state index contributed by atoms with van der Waals surface area (Å²) >= 11 is 12.1. The molecule has 2 aromatic rings. The molecule has 2 unspecified atom stereocenters. The number of piperidine rings is 1. The van der Waals surface area contributed by atoms with E-state index in [4.69, 9.17) is 27.6 Å². The highest BCUT2D eigenvalue weighted by Crippen LogP contribution is 2.30. The molecule has 1 aliphatic heterocycles. The number of nitrogens with one attached hydrogen (secondary N) is 2. The van der Waals surface area contributed by atoms with Crippen molar-refractivity contribution in [3.8, 4) is 11.3 Å². The van der Waals surface area contributed by atoms with E-state index in [2.05, 4.69) is 22.5 Å². The predicted molar refractivity (Wildman–Crippen MR) is 98.9 cm³/mol. The molecule has 1 saturated heterocycles. The van der Waals surface area contributed by atoms with Crippen LogP contribution in [-0.4, -0.2) is 29.5 Å². The monoisotopic (exact) mass is 381 g/mol. The average molecular weight is 382 g/mol. The second-order valence-corrected chi connectivity index (χ2v) is 7.15. The van der Waals surface area contributed by atoms with Crippen molar-refractivity contribution in [2.24, 2.45) is 0 Å². The van der Waals surface area contributed by atoms with Crippen LogP contribution < -0.4 is 10.6 Å². The van der Waals surface area contributed by atoms with Crippen LogP contribution in [0.3, 0.4) is 0 Å². The number of rotatable bonds is 5. The Labute approximate surface area is 157 Å². The molecule has 5 nitrogen and oxygen atoms in total. The van der Waals surface area contributed by atoms with E-state index < -0.39 is 0 Å². The fourth-order valence-corrected chi connectivity index (χ4v) is 3.48. The first-order valence-electron chi connectivity index (χ1n) is 8.46. The number of carbonyl (C=O) groups is 1. The van der Waals surface area contributed by atoms with Crippen molar-refractivity contribution in [2.75, 3.05) is 6.54 Å². The van der Waals surface area contributed by atoms with Crippen LogP contribution >= 0.6 is 23.2 Å². The summed E-state index contributed by atoms with van der Waals surface area (Å²) in [6.45, 7) is 3.11. The zero-order valence-corrected chi connectivity index (χ0v) is 15.5. The molecular formula is C18H21Cl2N3O2. The van der Waals surface area contributed by atoms with Crippen LogP contribution in [0.2, 0.25) is 10.0 Å². The lowest BCUT2D eigenvalue weighted by Crippen LogP contribution is -2.51. The van der Waals surface area contributed by atoms with Crippen molar-refractivity contribution in [1.29, 1.82) is 0 Å². The molecule has 3 rings (SSSR count). The summed E-state index contributed by atoms with van der Waals surface area (Å²) in [5.74, 6) is 1.11. The number of aryl methyl sites for hydroxylation is 1. The molecule has 2 N–H and O–H groups in total. The molecule has 25 heavy (non-hydrogen) atoms. The van der Waals surface area contributed by atoms with Crippen molar-refractivity contribution >= 4 is 29.1 Å². The Bertz CT molecular complexity index is 748. The number of hydrogen-bond donors (Lipinski definition) is 2. The van der Waals surface area contributed by atoms with Gasteiger partial charge in [-0.05, 0) is 44.5 Å². The van der Waals surface area contributed by atoms with Gasteiger partial charge in [0.1, 0.15) is 0 Å². The van der Waals surface area contributed by atoms with Crippen LogP contribution in [0.1, 0.15) is 32.1 Å². The number of benzene rings is 1. The molecule has 1 aromatic heterocycles. The molecule has 1 aromatic carbocycles. The van der Waals surface area contributed by atoms with Crippen LogP contribution in [0, 0.1) is 0 Å². The summed E-state index contributed by atoms with van der Waals surface area (Å²) in [6.07, 6.45) is 4.51. The third-order valence-electron chi connectivity index (χ3n) is 4.42. The Kier molecular flexibility index (Phi) is 5.99. The molecule has 0 saturated carbocycles. The zero-order chi connectivity index (χ0) is 17.8. The van der Waals surface area contributed by atoms with E-state index in [-0.39, 0.29) is 11.9 Å². The minimum absolute atomic E-state index is 0.0184. The summed E-state index contributed by atoms with van der Waals surface area (Å²) in [5, 5.41) is 7.53. The number of nitrogens with zero attached hydrogens (tertiary/aromatic N) is 1. The van der Waals surface area contributed by atoms with Crippen molar-refractivity contribution in [3.63, 3.8) is 0 Å². The van der Waals surface area contributed by atoms with Gasteiger partial charge in [0.25, 0.3) is 0 Å². The van der Waals surface area contributed by atoms with E-state index in [1.165, 1.54) is 0 Å². The van der Waals surface area contributed by atoms with Crippen LogP contribution in [-0.2, 0) is 11.2 Å². The van der Waals surface area contributed by atoms with Crippen LogP contribution in [0.15, 0.2) is 28.8 Å². The molecule has 0 radical (unpaired) electrons. The van der Waals surface area contributed by atoms with Gasteiger partial charge in [0, 0.05) is 35.5 Å². The standard InChI is InChI=1S/C18H21Cl2N3O2/c1-11-15(3-2-8-21-11)23-17(24)6-7-18-22-10-16(25-18)13-5-4-12(19)9-14(13)20/h4-5,9-11,15,21H,2-3,6-8H2,1H3,(H,23,24). The van der Waals surface area contributed by atoms with Gasteiger partial charge in [-0.25, -0.2) is 4.98 Å². The molecule has 1 fully saturated rings. The highest BCUT2D eigenvalue weighted by Gasteiger charge is 2.22. The number of carbonyl (C=O) groups excluding carboxylic acids is 1. The van der Waals surface area contributed by atoms with Gasteiger partial charge in [-0.3, -0.25) is 4.79 Å². The van der Waals surface area contributed by atoms with Crippen LogP contribution in [0.5, 0.6) is 0 Å². The van der Waals surface area contributed by atoms with E-state index in [0.717, 1.165) is 24.9 Å². The molecule has 7 heteroatoms. The van der Waals surface area contributed by atoms with E-state index in [1.54, 1.807) is 24.4 Å². The number of oxazole rings is 1. The Morgan fingerprint density at radius 3 is 3.04 bits per heavy atom. The summed E-state index contributed by atoms with van der Waals surface area (Å²) in [7, 11) is 0. The topological polar surface area (TPSA) is 67.2 Å². The Hall–Kier alpha value is -1.56. The van der Waals surface area contributed by atoms with E-state index in [9.17, 15) is 4.79 Å². The average Bonchev–Trinajstić information content (AvgIpc) is 3.04. The molecule has 0 aliphatic carbocycles. The summed E-state index contributed by atoms with van der Waals surface area (Å²) in [6, 6.07) is 5.69. The highest BCUT2D eigenvalue weighted by atomic mass is 35.5. The van der Waals surface area contributed by atoms with Crippen molar-refractivity contribution in [3.05, 3.63) is 40.3 Å². The third-order valence-corrected chi connectivity index (χ3v) is 4.97. The normalized spacial score (nSPS) is 20.4. The number of halogens is 2.